The lowest BCUT2D eigenvalue weighted by atomic mass is 10.1. The van der Waals surface area contributed by atoms with Crippen molar-refractivity contribution in [2.75, 3.05) is 12.3 Å². The molecule has 2 aromatic rings. The van der Waals surface area contributed by atoms with Gasteiger partial charge in [0, 0.05) is 23.6 Å². The van der Waals surface area contributed by atoms with Gasteiger partial charge in [-0.2, -0.15) is 0 Å². The second-order valence-electron chi connectivity index (χ2n) is 4.02. The average molecular weight is 269 g/mol. The van der Waals surface area contributed by atoms with E-state index in [4.69, 9.17) is 10.5 Å². The Balaban J connectivity index is 0.00000162. The summed E-state index contributed by atoms with van der Waals surface area (Å²) in [6.45, 7) is 4.12. The van der Waals surface area contributed by atoms with Gasteiger partial charge in [-0.15, -0.1) is 12.4 Å². The average Bonchev–Trinajstić information content (AvgIpc) is 2.63. The largest absolute Gasteiger partial charge is 0.461 e. The number of hydrogen-bond donors (Lipinski definition) is 1. The van der Waals surface area contributed by atoms with Gasteiger partial charge in [0.2, 0.25) is 0 Å². The zero-order valence-corrected chi connectivity index (χ0v) is 11.5. The second-order valence-corrected chi connectivity index (χ2v) is 4.02. The van der Waals surface area contributed by atoms with Crippen LogP contribution in [0.1, 0.15) is 23.0 Å². The highest BCUT2D eigenvalue weighted by Crippen LogP contribution is 2.26. The molecule has 0 atom stereocenters. The van der Waals surface area contributed by atoms with Crippen LogP contribution < -0.4 is 5.73 Å². The number of anilines is 1. The van der Waals surface area contributed by atoms with Crippen molar-refractivity contribution in [2.24, 2.45) is 7.05 Å². The first kappa shape index (κ1) is 14.4. The highest BCUT2D eigenvalue weighted by atomic mass is 35.5. The minimum Gasteiger partial charge on any atom is -0.461 e. The van der Waals surface area contributed by atoms with Crippen LogP contribution in [0, 0.1) is 6.92 Å². The number of nitrogens with zero attached hydrogens (tertiary/aromatic N) is 1. The Hall–Kier alpha value is -1.68. The Morgan fingerprint density at radius 1 is 1.44 bits per heavy atom. The van der Waals surface area contributed by atoms with Crippen LogP contribution in [0.3, 0.4) is 0 Å². The summed E-state index contributed by atoms with van der Waals surface area (Å²) in [4.78, 5) is 11.8. The zero-order valence-electron chi connectivity index (χ0n) is 10.7. The number of benzene rings is 1. The fraction of sp³-hybridized carbons (Fsp3) is 0.308. The molecule has 1 aromatic heterocycles. The lowest BCUT2D eigenvalue weighted by Crippen LogP contribution is -2.09. The first-order chi connectivity index (χ1) is 8.06. The molecule has 0 saturated carbocycles. The van der Waals surface area contributed by atoms with Gasteiger partial charge in [0.25, 0.3) is 0 Å². The maximum atomic E-state index is 11.8. The summed E-state index contributed by atoms with van der Waals surface area (Å²) in [5, 5.41) is 0.996. The van der Waals surface area contributed by atoms with E-state index in [-0.39, 0.29) is 18.4 Å². The summed E-state index contributed by atoms with van der Waals surface area (Å²) in [6.07, 6.45) is 0. The normalized spacial score (nSPS) is 10.2. The third-order valence-electron chi connectivity index (χ3n) is 3.02. The number of esters is 1. The minimum absolute atomic E-state index is 0. The molecular weight excluding hydrogens is 252 g/mol. The third-order valence-corrected chi connectivity index (χ3v) is 3.02. The van der Waals surface area contributed by atoms with Crippen molar-refractivity contribution in [1.82, 2.24) is 4.57 Å². The quantitative estimate of drug-likeness (QED) is 0.673. The Kier molecular flexibility index (Phi) is 4.24. The van der Waals surface area contributed by atoms with Crippen molar-refractivity contribution in [2.45, 2.75) is 13.8 Å². The SMILES string of the molecule is CCOC(=O)c1cc2c(C)c(N)ccc2n1C.Cl. The maximum Gasteiger partial charge on any atom is 0.354 e. The van der Waals surface area contributed by atoms with E-state index in [0.29, 0.717) is 12.3 Å². The van der Waals surface area contributed by atoms with E-state index in [1.165, 1.54) is 0 Å². The maximum absolute atomic E-state index is 11.8. The number of halogens is 1. The van der Waals surface area contributed by atoms with Crippen LogP contribution in [0.15, 0.2) is 18.2 Å². The number of hydrogen-bond acceptors (Lipinski definition) is 3. The number of nitrogen functional groups attached to an aromatic ring is 1. The molecule has 0 radical (unpaired) electrons. The first-order valence-electron chi connectivity index (χ1n) is 5.58. The molecule has 2 N–H and O–H groups in total. The standard InChI is InChI=1S/C13H16N2O2.ClH/c1-4-17-13(16)12-7-9-8(2)10(14)5-6-11(9)15(12)3;/h5-7H,4,14H2,1-3H3;1H. The van der Waals surface area contributed by atoms with Crippen LogP contribution in [0.2, 0.25) is 0 Å². The van der Waals surface area contributed by atoms with Crippen LogP contribution in [0.5, 0.6) is 0 Å². The highest BCUT2D eigenvalue weighted by molar-refractivity contribution is 5.98. The Morgan fingerprint density at radius 3 is 2.72 bits per heavy atom. The molecule has 2 rings (SSSR count). The molecule has 4 nitrogen and oxygen atoms in total. The Bertz CT molecular complexity index is 590. The molecule has 0 spiro atoms. The zero-order chi connectivity index (χ0) is 12.6. The van der Waals surface area contributed by atoms with Crippen molar-refractivity contribution in [3.63, 3.8) is 0 Å². The predicted octanol–water partition coefficient (Wildman–Crippen LogP) is 2.67. The van der Waals surface area contributed by atoms with Crippen LogP contribution in [-0.4, -0.2) is 17.1 Å². The number of aryl methyl sites for hydroxylation is 2. The van der Waals surface area contributed by atoms with Gasteiger partial charge >= 0.3 is 5.97 Å². The van der Waals surface area contributed by atoms with Crippen molar-refractivity contribution >= 4 is 35.0 Å². The summed E-state index contributed by atoms with van der Waals surface area (Å²) in [5.74, 6) is -0.302. The van der Waals surface area contributed by atoms with E-state index >= 15 is 0 Å². The van der Waals surface area contributed by atoms with Crippen LogP contribution in [0.4, 0.5) is 5.69 Å². The second kappa shape index (κ2) is 5.31. The van der Waals surface area contributed by atoms with Gasteiger partial charge in [0.05, 0.1) is 6.61 Å². The van der Waals surface area contributed by atoms with Crippen LogP contribution in [0.25, 0.3) is 10.9 Å². The van der Waals surface area contributed by atoms with E-state index in [2.05, 4.69) is 0 Å². The third kappa shape index (κ3) is 2.16. The first-order valence-corrected chi connectivity index (χ1v) is 5.58. The molecule has 0 aliphatic rings. The highest BCUT2D eigenvalue weighted by Gasteiger charge is 2.15. The van der Waals surface area contributed by atoms with Gasteiger partial charge in [0.15, 0.2) is 0 Å². The smallest absolute Gasteiger partial charge is 0.354 e. The molecule has 0 aliphatic carbocycles. The minimum atomic E-state index is -0.302. The fourth-order valence-electron chi connectivity index (χ4n) is 1.97. The van der Waals surface area contributed by atoms with E-state index in [1.807, 2.05) is 36.7 Å². The van der Waals surface area contributed by atoms with E-state index < -0.39 is 0 Å². The monoisotopic (exact) mass is 268 g/mol. The lowest BCUT2D eigenvalue weighted by Gasteiger charge is -2.04. The molecule has 0 amide bonds. The van der Waals surface area contributed by atoms with Crippen molar-refractivity contribution in [3.05, 3.63) is 29.5 Å². The van der Waals surface area contributed by atoms with E-state index in [9.17, 15) is 4.79 Å². The van der Waals surface area contributed by atoms with Gasteiger partial charge in [-0.05, 0) is 37.6 Å². The van der Waals surface area contributed by atoms with Gasteiger partial charge in [0.1, 0.15) is 5.69 Å². The fourth-order valence-corrected chi connectivity index (χ4v) is 1.97. The van der Waals surface area contributed by atoms with Crippen molar-refractivity contribution in [1.29, 1.82) is 0 Å². The molecule has 0 bridgehead atoms. The molecule has 98 valence electrons. The summed E-state index contributed by atoms with van der Waals surface area (Å²) in [5.41, 5.74) is 9.12. The molecule has 0 aliphatic heterocycles. The number of nitrogens with two attached hydrogens (primary N) is 1. The van der Waals surface area contributed by atoms with Crippen LogP contribution >= 0.6 is 12.4 Å². The topological polar surface area (TPSA) is 57.2 Å². The van der Waals surface area contributed by atoms with E-state index in [1.54, 1.807) is 6.92 Å². The Morgan fingerprint density at radius 2 is 2.11 bits per heavy atom. The van der Waals surface area contributed by atoms with Crippen molar-refractivity contribution < 1.29 is 9.53 Å². The lowest BCUT2D eigenvalue weighted by molar-refractivity contribution is 0.0516. The summed E-state index contributed by atoms with van der Waals surface area (Å²) < 4.78 is 6.85. The summed E-state index contributed by atoms with van der Waals surface area (Å²) in [6, 6.07) is 5.60. The van der Waals surface area contributed by atoms with Gasteiger partial charge < -0.3 is 15.0 Å². The van der Waals surface area contributed by atoms with Crippen molar-refractivity contribution in [3.8, 4) is 0 Å². The molecule has 1 heterocycles. The number of carbonyl (C=O) groups excluding carboxylic acids is 1. The molecular formula is C13H17ClN2O2. The molecule has 5 heteroatoms. The summed E-state index contributed by atoms with van der Waals surface area (Å²) >= 11 is 0. The van der Waals surface area contributed by atoms with Crippen LogP contribution in [-0.2, 0) is 11.8 Å². The number of carbonyl (C=O) groups is 1. The molecule has 0 unspecified atom stereocenters. The molecule has 0 saturated heterocycles. The molecule has 1 aromatic carbocycles. The molecule has 18 heavy (non-hydrogen) atoms. The number of aromatic nitrogens is 1. The van der Waals surface area contributed by atoms with Gasteiger partial charge in [-0.25, -0.2) is 4.79 Å². The van der Waals surface area contributed by atoms with Gasteiger partial charge in [-0.1, -0.05) is 0 Å². The summed E-state index contributed by atoms with van der Waals surface area (Å²) in [7, 11) is 1.85. The number of ether oxygens (including phenoxy) is 1. The Labute approximate surface area is 112 Å². The predicted molar refractivity (Wildman–Crippen MR) is 75.3 cm³/mol. The van der Waals surface area contributed by atoms with Gasteiger partial charge in [-0.3, -0.25) is 0 Å². The number of fused-ring (bicyclic) bond motifs is 1. The molecule has 0 fully saturated rings. The van der Waals surface area contributed by atoms with E-state index in [0.717, 1.165) is 22.2 Å². The number of rotatable bonds is 2.